The van der Waals surface area contributed by atoms with E-state index in [2.05, 4.69) is 11.8 Å². The van der Waals surface area contributed by atoms with Gasteiger partial charge in [-0.3, -0.25) is 0 Å². The lowest BCUT2D eigenvalue weighted by Gasteiger charge is -2.07. The first kappa shape index (κ1) is 10.3. The summed E-state index contributed by atoms with van der Waals surface area (Å²) in [4.78, 5) is 0. The highest BCUT2D eigenvalue weighted by atomic mass is 16.5. The second kappa shape index (κ2) is 5.03. The summed E-state index contributed by atoms with van der Waals surface area (Å²) in [6.07, 6.45) is 0.658. The van der Waals surface area contributed by atoms with Crippen LogP contribution in [0, 0.1) is 11.8 Å². The van der Waals surface area contributed by atoms with Gasteiger partial charge in [-0.1, -0.05) is 6.07 Å². The summed E-state index contributed by atoms with van der Waals surface area (Å²) in [5.41, 5.74) is 5.86. The molecule has 0 aliphatic rings. The molecule has 0 aliphatic heterocycles. The summed E-state index contributed by atoms with van der Waals surface area (Å²) in [5.74, 6) is 6.19. The van der Waals surface area contributed by atoms with E-state index in [1.54, 1.807) is 19.1 Å². The molecule has 14 heavy (non-hydrogen) atoms. The molecule has 0 aliphatic carbocycles. The van der Waals surface area contributed by atoms with E-state index in [0.29, 0.717) is 18.8 Å². The Balaban J connectivity index is 2.57. The first-order valence-electron chi connectivity index (χ1n) is 4.35. The number of aromatic hydroxyl groups is 1. The van der Waals surface area contributed by atoms with Crippen LogP contribution in [0.25, 0.3) is 0 Å². The monoisotopic (exact) mass is 191 g/mol. The average molecular weight is 191 g/mol. The number of hydrogen-bond donors (Lipinski definition) is 2. The van der Waals surface area contributed by atoms with E-state index >= 15 is 0 Å². The first-order chi connectivity index (χ1) is 6.75. The van der Waals surface area contributed by atoms with Crippen molar-refractivity contribution in [3.05, 3.63) is 18.2 Å². The smallest absolute Gasteiger partial charge is 0.146 e. The molecule has 0 unspecified atom stereocenters. The van der Waals surface area contributed by atoms with E-state index in [0.717, 1.165) is 0 Å². The number of phenolic OH excluding ortho intramolecular Hbond substituents is 1. The third-order valence-corrected chi connectivity index (χ3v) is 1.70. The van der Waals surface area contributed by atoms with Crippen molar-refractivity contribution in [1.29, 1.82) is 0 Å². The Bertz CT molecular complexity index is 363. The highest BCUT2D eigenvalue weighted by Gasteiger charge is 2.03. The number of benzene rings is 1. The third-order valence-electron chi connectivity index (χ3n) is 1.70. The Hall–Kier alpha value is -1.82. The Morgan fingerprint density at radius 2 is 2.29 bits per heavy atom. The van der Waals surface area contributed by atoms with Gasteiger partial charge in [0.2, 0.25) is 0 Å². The molecule has 0 fully saturated rings. The van der Waals surface area contributed by atoms with Gasteiger partial charge in [0.15, 0.2) is 0 Å². The zero-order valence-electron chi connectivity index (χ0n) is 8.08. The van der Waals surface area contributed by atoms with Crippen LogP contribution >= 0.6 is 0 Å². The molecule has 0 spiro atoms. The Morgan fingerprint density at radius 3 is 3.00 bits per heavy atom. The van der Waals surface area contributed by atoms with Crippen LogP contribution in [0.15, 0.2) is 18.2 Å². The van der Waals surface area contributed by atoms with Crippen LogP contribution in [0.3, 0.4) is 0 Å². The van der Waals surface area contributed by atoms with Gasteiger partial charge in [-0.2, -0.15) is 0 Å². The summed E-state index contributed by atoms with van der Waals surface area (Å²) in [6.45, 7) is 2.26. The van der Waals surface area contributed by atoms with Crippen molar-refractivity contribution in [2.75, 3.05) is 12.3 Å². The molecule has 0 bridgehead atoms. The molecule has 74 valence electrons. The molecule has 0 aromatic heterocycles. The van der Waals surface area contributed by atoms with Gasteiger partial charge in [-0.05, 0) is 19.1 Å². The van der Waals surface area contributed by atoms with E-state index in [9.17, 15) is 5.11 Å². The number of hydrogen-bond acceptors (Lipinski definition) is 3. The summed E-state index contributed by atoms with van der Waals surface area (Å²) < 4.78 is 5.33. The molecule has 3 nitrogen and oxygen atoms in total. The largest absolute Gasteiger partial charge is 0.506 e. The molecule has 3 heteroatoms. The molecule has 0 atom stereocenters. The van der Waals surface area contributed by atoms with E-state index in [1.165, 1.54) is 6.07 Å². The predicted octanol–water partition coefficient (Wildman–Crippen LogP) is 1.77. The van der Waals surface area contributed by atoms with Crippen LogP contribution in [0.2, 0.25) is 0 Å². The lowest BCUT2D eigenvalue weighted by molar-refractivity contribution is 0.327. The Labute approximate surface area is 83.5 Å². The number of anilines is 1. The summed E-state index contributed by atoms with van der Waals surface area (Å²) in [5, 5.41) is 9.27. The van der Waals surface area contributed by atoms with Crippen LogP contribution in [-0.2, 0) is 0 Å². The Kier molecular flexibility index (Phi) is 3.69. The van der Waals surface area contributed by atoms with Gasteiger partial charge in [-0.25, -0.2) is 0 Å². The minimum absolute atomic E-state index is 0.0454. The maximum atomic E-state index is 9.27. The summed E-state index contributed by atoms with van der Waals surface area (Å²) >= 11 is 0. The van der Waals surface area contributed by atoms with Crippen molar-refractivity contribution in [3.63, 3.8) is 0 Å². The summed E-state index contributed by atoms with van der Waals surface area (Å²) in [6, 6.07) is 4.93. The van der Waals surface area contributed by atoms with Crippen LogP contribution < -0.4 is 10.5 Å². The molecule has 1 aromatic carbocycles. The summed E-state index contributed by atoms with van der Waals surface area (Å²) in [7, 11) is 0. The molecule has 0 radical (unpaired) electrons. The maximum Gasteiger partial charge on any atom is 0.146 e. The fourth-order valence-corrected chi connectivity index (χ4v) is 0.995. The molecular formula is C11H13NO2. The van der Waals surface area contributed by atoms with Gasteiger partial charge in [0.1, 0.15) is 17.2 Å². The van der Waals surface area contributed by atoms with E-state index < -0.39 is 0 Å². The fourth-order valence-electron chi connectivity index (χ4n) is 0.995. The lowest BCUT2D eigenvalue weighted by atomic mass is 10.3. The SMILES string of the molecule is CC#CCCOc1cccc(O)c1N. The standard InChI is InChI=1S/C11H13NO2/c1-2-3-4-8-14-10-7-5-6-9(13)11(10)12/h5-7,13H,4,8,12H2,1H3. The topological polar surface area (TPSA) is 55.5 Å². The van der Waals surface area contributed by atoms with Gasteiger partial charge in [0, 0.05) is 6.42 Å². The molecule has 3 N–H and O–H groups in total. The number of rotatable bonds is 3. The zero-order chi connectivity index (χ0) is 10.4. The van der Waals surface area contributed by atoms with Crippen molar-refractivity contribution in [1.82, 2.24) is 0 Å². The lowest BCUT2D eigenvalue weighted by Crippen LogP contribution is -1.99. The van der Waals surface area contributed by atoms with Gasteiger partial charge in [-0.15, -0.1) is 11.8 Å². The number of nitrogen functional groups attached to an aromatic ring is 1. The molecule has 1 rings (SSSR count). The molecule has 0 amide bonds. The van der Waals surface area contributed by atoms with Gasteiger partial charge in [0.05, 0.1) is 6.61 Å². The van der Waals surface area contributed by atoms with Crippen LogP contribution in [0.4, 0.5) is 5.69 Å². The normalized spacial score (nSPS) is 8.93. The van der Waals surface area contributed by atoms with Gasteiger partial charge < -0.3 is 15.6 Å². The fraction of sp³-hybridized carbons (Fsp3) is 0.273. The number of ether oxygens (including phenoxy) is 1. The van der Waals surface area contributed by atoms with Crippen molar-refractivity contribution < 1.29 is 9.84 Å². The van der Waals surface area contributed by atoms with Crippen LogP contribution in [0.1, 0.15) is 13.3 Å². The number of phenols is 1. The predicted molar refractivity (Wildman–Crippen MR) is 56.1 cm³/mol. The van der Waals surface area contributed by atoms with Crippen molar-refractivity contribution in [2.24, 2.45) is 0 Å². The highest BCUT2D eigenvalue weighted by molar-refractivity contribution is 5.61. The number of nitrogens with two attached hydrogens (primary N) is 1. The molecule has 0 saturated carbocycles. The minimum Gasteiger partial charge on any atom is -0.506 e. The van der Waals surface area contributed by atoms with Crippen LogP contribution in [0.5, 0.6) is 11.5 Å². The van der Waals surface area contributed by atoms with E-state index in [-0.39, 0.29) is 11.4 Å². The first-order valence-corrected chi connectivity index (χ1v) is 4.35. The highest BCUT2D eigenvalue weighted by Crippen LogP contribution is 2.29. The van der Waals surface area contributed by atoms with Crippen LogP contribution in [-0.4, -0.2) is 11.7 Å². The van der Waals surface area contributed by atoms with Gasteiger partial charge >= 0.3 is 0 Å². The number of para-hydroxylation sites is 1. The van der Waals surface area contributed by atoms with Crippen molar-refractivity contribution >= 4 is 5.69 Å². The Morgan fingerprint density at radius 1 is 1.50 bits per heavy atom. The van der Waals surface area contributed by atoms with Crippen molar-refractivity contribution in [3.8, 4) is 23.3 Å². The maximum absolute atomic E-state index is 9.27. The third kappa shape index (κ3) is 2.60. The zero-order valence-corrected chi connectivity index (χ0v) is 8.08. The van der Waals surface area contributed by atoms with Gasteiger partial charge in [0.25, 0.3) is 0 Å². The minimum atomic E-state index is 0.0454. The van der Waals surface area contributed by atoms with E-state index in [4.69, 9.17) is 10.5 Å². The van der Waals surface area contributed by atoms with E-state index in [1.807, 2.05) is 0 Å². The quantitative estimate of drug-likeness (QED) is 0.331. The molecule has 1 aromatic rings. The molecule has 0 saturated heterocycles. The molecular weight excluding hydrogens is 178 g/mol. The average Bonchev–Trinajstić information content (AvgIpc) is 2.19. The van der Waals surface area contributed by atoms with Crippen molar-refractivity contribution in [2.45, 2.75) is 13.3 Å². The second-order valence-corrected chi connectivity index (χ2v) is 2.71. The molecule has 0 heterocycles. The second-order valence-electron chi connectivity index (χ2n) is 2.71.